The molecule has 1 fully saturated rings. The molecule has 0 saturated heterocycles. The van der Waals surface area contributed by atoms with Crippen molar-refractivity contribution in [2.75, 3.05) is 13.7 Å². The Kier molecular flexibility index (Phi) is 5.15. The van der Waals surface area contributed by atoms with Gasteiger partial charge in [-0.3, -0.25) is 0 Å². The van der Waals surface area contributed by atoms with Crippen LogP contribution in [0.25, 0.3) is 0 Å². The minimum Gasteiger partial charge on any atom is -0.494 e. The van der Waals surface area contributed by atoms with E-state index in [1.807, 2.05) is 6.07 Å². The lowest BCUT2D eigenvalue weighted by Crippen LogP contribution is -2.34. The highest BCUT2D eigenvalue weighted by Gasteiger charge is 2.39. The van der Waals surface area contributed by atoms with Gasteiger partial charge in [0.25, 0.3) is 0 Å². The van der Waals surface area contributed by atoms with Crippen molar-refractivity contribution in [3.8, 4) is 11.8 Å². The average molecular weight is 394 g/mol. The van der Waals surface area contributed by atoms with E-state index >= 15 is 0 Å². The summed E-state index contributed by atoms with van der Waals surface area (Å²) in [5.74, 6) is 0.224. The lowest BCUT2D eigenvalue weighted by molar-refractivity contribution is 0.385. The Labute approximate surface area is 137 Å². The van der Waals surface area contributed by atoms with Crippen molar-refractivity contribution in [1.29, 1.82) is 5.26 Å². The van der Waals surface area contributed by atoms with E-state index in [-0.39, 0.29) is 29.7 Å². The summed E-state index contributed by atoms with van der Waals surface area (Å²) in [5, 5.41) is 9.02. The first-order valence-electron chi connectivity index (χ1n) is 6.33. The summed E-state index contributed by atoms with van der Waals surface area (Å²) in [6.45, 7) is 0.177. The molecule has 21 heavy (non-hydrogen) atoms. The van der Waals surface area contributed by atoms with Gasteiger partial charge in [-0.2, -0.15) is 9.57 Å². The Hall–Kier alpha value is -0.810. The van der Waals surface area contributed by atoms with Crippen LogP contribution in [-0.4, -0.2) is 32.4 Å². The summed E-state index contributed by atoms with van der Waals surface area (Å²) < 4.78 is 32.8. The maximum atomic E-state index is 12.9. The maximum Gasteiger partial charge on any atom is 0.247 e. The molecule has 5 nitrogen and oxygen atoms in total. The molecule has 8 heteroatoms. The Morgan fingerprint density at radius 2 is 2.19 bits per heavy atom. The fraction of sp³-hybridized carbons (Fsp3) is 0.462. The van der Waals surface area contributed by atoms with E-state index in [1.54, 1.807) is 6.07 Å². The van der Waals surface area contributed by atoms with Gasteiger partial charge in [0.2, 0.25) is 10.0 Å². The first-order chi connectivity index (χ1) is 9.91. The number of halogens is 2. The number of nitriles is 1. The number of sulfonamides is 1. The number of benzene rings is 1. The van der Waals surface area contributed by atoms with Crippen LogP contribution < -0.4 is 4.74 Å². The highest BCUT2D eigenvalue weighted by molar-refractivity contribution is 9.10. The Bertz CT molecular complexity index is 683. The largest absolute Gasteiger partial charge is 0.494 e. The van der Waals surface area contributed by atoms with Crippen molar-refractivity contribution in [2.24, 2.45) is 0 Å². The van der Waals surface area contributed by atoms with Crippen LogP contribution in [0.2, 0.25) is 5.02 Å². The first-order valence-corrected chi connectivity index (χ1v) is 8.94. The molecule has 0 atom stereocenters. The third kappa shape index (κ3) is 3.51. The predicted molar refractivity (Wildman–Crippen MR) is 82.8 cm³/mol. The molecule has 0 amide bonds. The van der Waals surface area contributed by atoms with Crippen LogP contribution in [0.3, 0.4) is 0 Å². The second-order valence-corrected chi connectivity index (χ2v) is 7.82. The van der Waals surface area contributed by atoms with E-state index in [0.29, 0.717) is 9.50 Å². The SMILES string of the molecule is COc1c(Br)cc(Cl)cc1S(=O)(=O)N(CCC#N)C1CC1. The first kappa shape index (κ1) is 16.6. The second-order valence-electron chi connectivity index (χ2n) is 4.67. The molecule has 114 valence electrons. The minimum absolute atomic E-state index is 0.0224. The summed E-state index contributed by atoms with van der Waals surface area (Å²) in [6.07, 6.45) is 1.78. The van der Waals surface area contributed by atoms with Crippen molar-refractivity contribution in [3.05, 3.63) is 21.6 Å². The maximum absolute atomic E-state index is 12.9. The quantitative estimate of drug-likeness (QED) is 0.744. The van der Waals surface area contributed by atoms with Gasteiger partial charge in [-0.15, -0.1) is 0 Å². The molecule has 0 aliphatic heterocycles. The minimum atomic E-state index is -3.76. The fourth-order valence-electron chi connectivity index (χ4n) is 2.07. The summed E-state index contributed by atoms with van der Waals surface area (Å²) in [7, 11) is -2.35. The molecule has 1 aliphatic rings. The van der Waals surface area contributed by atoms with Gasteiger partial charge in [-0.1, -0.05) is 11.6 Å². The number of hydrogen-bond acceptors (Lipinski definition) is 4. The molecule has 0 radical (unpaired) electrons. The highest BCUT2D eigenvalue weighted by atomic mass is 79.9. The third-order valence-electron chi connectivity index (χ3n) is 3.16. The molecule has 0 N–H and O–H groups in total. The third-order valence-corrected chi connectivity index (χ3v) is 5.93. The summed E-state index contributed by atoms with van der Waals surface area (Å²) in [4.78, 5) is 0.0224. The Morgan fingerprint density at radius 1 is 1.52 bits per heavy atom. The lowest BCUT2D eigenvalue weighted by Gasteiger charge is -2.22. The van der Waals surface area contributed by atoms with Crippen LogP contribution >= 0.6 is 27.5 Å². The van der Waals surface area contributed by atoms with Crippen molar-refractivity contribution < 1.29 is 13.2 Å². The second kappa shape index (κ2) is 6.53. The fourth-order valence-corrected chi connectivity index (χ4v) is 5.13. The van der Waals surface area contributed by atoms with Gasteiger partial charge >= 0.3 is 0 Å². The van der Waals surface area contributed by atoms with Gasteiger partial charge in [0.1, 0.15) is 4.90 Å². The van der Waals surface area contributed by atoms with E-state index in [9.17, 15) is 8.42 Å². The van der Waals surface area contributed by atoms with Crippen LogP contribution in [0, 0.1) is 11.3 Å². The average Bonchev–Trinajstić information content (AvgIpc) is 3.22. The molecular weight excluding hydrogens is 380 g/mol. The van der Waals surface area contributed by atoms with Crippen molar-refractivity contribution in [3.63, 3.8) is 0 Å². The van der Waals surface area contributed by atoms with E-state index in [2.05, 4.69) is 15.9 Å². The van der Waals surface area contributed by atoms with Crippen LogP contribution in [0.4, 0.5) is 0 Å². The van der Waals surface area contributed by atoms with Gasteiger partial charge < -0.3 is 4.74 Å². The van der Waals surface area contributed by atoms with Gasteiger partial charge in [-0.05, 0) is 40.9 Å². The molecule has 1 saturated carbocycles. The van der Waals surface area contributed by atoms with E-state index in [4.69, 9.17) is 21.6 Å². The molecule has 0 spiro atoms. The Balaban J connectivity index is 2.49. The smallest absolute Gasteiger partial charge is 0.247 e. The van der Waals surface area contributed by atoms with E-state index in [0.717, 1.165) is 12.8 Å². The topological polar surface area (TPSA) is 70.4 Å². The molecule has 1 aromatic carbocycles. The lowest BCUT2D eigenvalue weighted by atomic mass is 10.3. The molecule has 2 rings (SSSR count). The summed E-state index contributed by atoms with van der Waals surface area (Å²) >= 11 is 9.23. The number of ether oxygens (including phenoxy) is 1. The van der Waals surface area contributed by atoms with Crippen LogP contribution in [0.15, 0.2) is 21.5 Å². The molecule has 0 aromatic heterocycles. The molecular formula is C13H14BrClN2O3S. The normalized spacial score (nSPS) is 15.0. The van der Waals surface area contributed by atoms with E-state index in [1.165, 1.54) is 17.5 Å². The Morgan fingerprint density at radius 3 is 2.71 bits per heavy atom. The van der Waals surface area contributed by atoms with Gasteiger partial charge in [0, 0.05) is 24.0 Å². The standard InChI is InChI=1S/C13H14BrClN2O3S/c1-20-13-11(14)7-9(15)8-12(13)21(18,19)17(6-2-5-16)10-3-4-10/h7-8,10H,2-4,6H2,1H3. The zero-order chi connectivity index (χ0) is 15.6. The number of methoxy groups -OCH3 is 1. The van der Waals surface area contributed by atoms with Crippen LogP contribution in [0.1, 0.15) is 19.3 Å². The van der Waals surface area contributed by atoms with Gasteiger partial charge in [0.15, 0.2) is 5.75 Å². The highest BCUT2D eigenvalue weighted by Crippen LogP contribution is 2.39. The summed E-state index contributed by atoms with van der Waals surface area (Å²) in [5.41, 5.74) is 0. The van der Waals surface area contributed by atoms with Gasteiger partial charge in [-0.25, -0.2) is 8.42 Å². The molecule has 0 heterocycles. The molecule has 0 unspecified atom stereocenters. The van der Waals surface area contributed by atoms with Crippen molar-refractivity contribution >= 4 is 37.6 Å². The van der Waals surface area contributed by atoms with E-state index < -0.39 is 10.0 Å². The zero-order valence-corrected chi connectivity index (χ0v) is 14.5. The van der Waals surface area contributed by atoms with Crippen LogP contribution in [0.5, 0.6) is 5.75 Å². The molecule has 1 aromatic rings. The number of rotatable bonds is 6. The number of nitrogens with zero attached hydrogens (tertiary/aromatic N) is 2. The zero-order valence-electron chi connectivity index (χ0n) is 11.3. The molecule has 1 aliphatic carbocycles. The number of hydrogen-bond donors (Lipinski definition) is 0. The predicted octanol–water partition coefficient (Wildman–Crippen LogP) is 3.18. The van der Waals surface area contributed by atoms with Gasteiger partial charge in [0.05, 0.1) is 17.7 Å². The van der Waals surface area contributed by atoms with Crippen LogP contribution in [-0.2, 0) is 10.0 Å². The summed E-state index contributed by atoms with van der Waals surface area (Å²) in [6, 6.07) is 4.90. The van der Waals surface area contributed by atoms with Crippen molar-refractivity contribution in [1.82, 2.24) is 4.31 Å². The molecule has 0 bridgehead atoms. The monoisotopic (exact) mass is 392 g/mol. The van der Waals surface area contributed by atoms with Crippen molar-refractivity contribution in [2.45, 2.75) is 30.2 Å².